The molecule has 5 aromatic carbocycles. The van der Waals surface area contributed by atoms with Crippen molar-refractivity contribution < 1.29 is 0 Å². The Labute approximate surface area is 272 Å². The SMILES string of the molecule is C1=CNC(c2ccc3ccc(-c4ccc5ccc(-c6cccc(-c7nc8ccccc8n7-c7ccccc7)c6)cc5n4)cc3n2)C=C1. The molecule has 4 heterocycles. The smallest absolute Gasteiger partial charge is 0.145 e. The third-order valence-electron chi connectivity index (χ3n) is 8.84. The highest BCUT2D eigenvalue weighted by molar-refractivity contribution is 5.89. The molecule has 0 bridgehead atoms. The minimum atomic E-state index is 0.0706. The van der Waals surface area contributed by atoms with Gasteiger partial charge < -0.3 is 5.32 Å². The fourth-order valence-electron chi connectivity index (χ4n) is 6.45. The van der Waals surface area contributed by atoms with Gasteiger partial charge in [-0.3, -0.25) is 9.55 Å². The number of para-hydroxylation sites is 3. The van der Waals surface area contributed by atoms with Crippen LogP contribution >= 0.6 is 0 Å². The van der Waals surface area contributed by atoms with Gasteiger partial charge >= 0.3 is 0 Å². The minimum Gasteiger partial charge on any atom is -0.379 e. The summed E-state index contributed by atoms with van der Waals surface area (Å²) in [5.41, 5.74) is 11.3. The molecule has 9 rings (SSSR count). The first-order chi connectivity index (χ1) is 23.3. The van der Waals surface area contributed by atoms with Crippen LogP contribution in [0.4, 0.5) is 0 Å². The van der Waals surface area contributed by atoms with Gasteiger partial charge in [-0.25, -0.2) is 9.97 Å². The molecule has 0 saturated heterocycles. The van der Waals surface area contributed by atoms with E-state index in [-0.39, 0.29) is 6.04 Å². The van der Waals surface area contributed by atoms with Gasteiger partial charge in [-0.05, 0) is 78.0 Å². The molecule has 0 radical (unpaired) electrons. The number of hydrogen-bond acceptors (Lipinski definition) is 4. The van der Waals surface area contributed by atoms with E-state index in [1.807, 2.05) is 30.5 Å². The Balaban J connectivity index is 1.09. The van der Waals surface area contributed by atoms with E-state index >= 15 is 0 Å². The Hall–Kier alpha value is -6.33. The number of nitrogens with zero attached hydrogens (tertiary/aromatic N) is 4. The third kappa shape index (κ3) is 4.95. The number of fused-ring (bicyclic) bond motifs is 3. The van der Waals surface area contributed by atoms with Crippen molar-refractivity contribution in [3.05, 3.63) is 170 Å². The second-order valence-electron chi connectivity index (χ2n) is 11.8. The van der Waals surface area contributed by atoms with E-state index in [4.69, 9.17) is 15.0 Å². The van der Waals surface area contributed by atoms with Gasteiger partial charge in [-0.15, -0.1) is 0 Å². The maximum atomic E-state index is 5.14. The second kappa shape index (κ2) is 11.2. The highest BCUT2D eigenvalue weighted by atomic mass is 15.1. The number of dihydropyridines is 1. The lowest BCUT2D eigenvalue weighted by molar-refractivity contribution is 0.725. The van der Waals surface area contributed by atoms with Crippen molar-refractivity contribution >= 4 is 32.8 Å². The second-order valence-corrected chi connectivity index (χ2v) is 11.8. The quantitative estimate of drug-likeness (QED) is 0.213. The van der Waals surface area contributed by atoms with E-state index in [0.29, 0.717) is 0 Å². The van der Waals surface area contributed by atoms with Gasteiger partial charge in [-0.1, -0.05) is 97.1 Å². The molecule has 0 spiro atoms. The molecule has 1 N–H and O–H groups in total. The number of pyridine rings is 2. The summed E-state index contributed by atoms with van der Waals surface area (Å²) < 4.78 is 2.24. The summed E-state index contributed by atoms with van der Waals surface area (Å²) in [5.74, 6) is 0.917. The van der Waals surface area contributed by atoms with Crippen LogP contribution in [0.5, 0.6) is 0 Å². The van der Waals surface area contributed by atoms with Crippen molar-refractivity contribution in [2.45, 2.75) is 6.04 Å². The molecule has 1 atom stereocenters. The molecule has 1 aliphatic heterocycles. The van der Waals surface area contributed by atoms with Gasteiger partial charge in [-0.2, -0.15) is 0 Å². The van der Waals surface area contributed by atoms with Crippen molar-refractivity contribution in [2.24, 2.45) is 0 Å². The molecule has 0 saturated carbocycles. The molecule has 8 aromatic rings. The Bertz CT molecular complexity index is 2510. The summed E-state index contributed by atoms with van der Waals surface area (Å²) in [6, 6.07) is 48.8. The van der Waals surface area contributed by atoms with Crippen LogP contribution < -0.4 is 5.32 Å². The Morgan fingerprint density at radius 3 is 2.11 bits per heavy atom. The van der Waals surface area contributed by atoms with Gasteiger partial charge in [0.1, 0.15) is 5.82 Å². The number of hydrogen-bond donors (Lipinski definition) is 1. The van der Waals surface area contributed by atoms with E-state index in [0.717, 1.165) is 78.0 Å². The normalized spacial score (nSPS) is 14.2. The molecule has 3 aromatic heterocycles. The van der Waals surface area contributed by atoms with Crippen LogP contribution in [0, 0.1) is 0 Å². The molecular formula is C42H29N5. The first-order valence-corrected chi connectivity index (χ1v) is 15.8. The number of rotatable bonds is 5. The lowest BCUT2D eigenvalue weighted by Crippen LogP contribution is -2.16. The van der Waals surface area contributed by atoms with E-state index in [9.17, 15) is 0 Å². The van der Waals surface area contributed by atoms with Crippen LogP contribution in [0.2, 0.25) is 0 Å². The van der Waals surface area contributed by atoms with E-state index in [1.165, 1.54) is 0 Å². The molecule has 1 aliphatic rings. The topological polar surface area (TPSA) is 55.6 Å². The first kappa shape index (κ1) is 27.0. The van der Waals surface area contributed by atoms with Crippen molar-refractivity contribution in [1.82, 2.24) is 24.8 Å². The predicted octanol–water partition coefficient (Wildman–Crippen LogP) is 9.84. The maximum absolute atomic E-state index is 5.14. The van der Waals surface area contributed by atoms with Crippen LogP contribution in [0.3, 0.4) is 0 Å². The number of nitrogens with one attached hydrogen (secondary N) is 1. The van der Waals surface area contributed by atoms with Gasteiger partial charge in [0.05, 0.1) is 39.5 Å². The average molecular weight is 604 g/mol. The van der Waals surface area contributed by atoms with E-state index in [2.05, 4.69) is 143 Å². The molecule has 0 amide bonds. The summed E-state index contributed by atoms with van der Waals surface area (Å²) in [6.07, 6.45) is 8.12. The molecule has 1 unspecified atom stereocenters. The van der Waals surface area contributed by atoms with Crippen LogP contribution in [0.1, 0.15) is 11.7 Å². The zero-order chi connectivity index (χ0) is 31.2. The zero-order valence-corrected chi connectivity index (χ0v) is 25.5. The summed E-state index contributed by atoms with van der Waals surface area (Å²) in [4.78, 5) is 15.2. The third-order valence-corrected chi connectivity index (χ3v) is 8.84. The van der Waals surface area contributed by atoms with Gasteiger partial charge in [0.2, 0.25) is 0 Å². The van der Waals surface area contributed by atoms with Crippen molar-refractivity contribution in [3.8, 4) is 39.5 Å². The summed E-state index contributed by atoms with van der Waals surface area (Å²) in [5, 5.41) is 5.58. The number of allylic oxidation sites excluding steroid dienone is 2. The minimum absolute atomic E-state index is 0.0706. The van der Waals surface area contributed by atoms with Crippen molar-refractivity contribution in [3.63, 3.8) is 0 Å². The summed E-state index contributed by atoms with van der Waals surface area (Å²) in [6.45, 7) is 0. The average Bonchev–Trinajstić information content (AvgIpc) is 3.54. The molecule has 5 nitrogen and oxygen atoms in total. The monoisotopic (exact) mass is 603 g/mol. The largest absolute Gasteiger partial charge is 0.379 e. The first-order valence-electron chi connectivity index (χ1n) is 15.8. The number of benzene rings is 5. The molecule has 0 aliphatic carbocycles. The summed E-state index contributed by atoms with van der Waals surface area (Å²) in [7, 11) is 0. The zero-order valence-electron chi connectivity index (χ0n) is 25.5. The van der Waals surface area contributed by atoms with Crippen LogP contribution in [0.25, 0.3) is 72.3 Å². The number of imidazole rings is 1. The van der Waals surface area contributed by atoms with Crippen molar-refractivity contribution in [1.29, 1.82) is 0 Å². The van der Waals surface area contributed by atoms with Gasteiger partial charge in [0.25, 0.3) is 0 Å². The standard InChI is InChI=1S/C42H29N5/c1-2-11-34(12-3-1)47-41-15-5-4-14-38(41)46-42(47)33-10-8-9-30(25-33)31-18-16-28-20-22-35(44-39(28)26-31)32-19-17-29-21-23-37(45-40(29)27-32)36-13-6-7-24-43-36/h1-27,36,43H. The fraction of sp³-hybridized carbons (Fsp3) is 0.0238. The molecule has 5 heteroatoms. The van der Waals surface area contributed by atoms with Gasteiger partial charge in [0.15, 0.2) is 0 Å². The highest BCUT2D eigenvalue weighted by Crippen LogP contribution is 2.33. The van der Waals surface area contributed by atoms with Crippen LogP contribution in [-0.4, -0.2) is 19.5 Å². The molecule has 0 fully saturated rings. The molecular weight excluding hydrogens is 574 g/mol. The lowest BCUT2D eigenvalue weighted by atomic mass is 10.0. The molecule has 47 heavy (non-hydrogen) atoms. The fourth-order valence-corrected chi connectivity index (χ4v) is 6.45. The highest BCUT2D eigenvalue weighted by Gasteiger charge is 2.15. The summed E-state index contributed by atoms with van der Waals surface area (Å²) >= 11 is 0. The van der Waals surface area contributed by atoms with Crippen molar-refractivity contribution in [2.75, 3.05) is 0 Å². The predicted molar refractivity (Wildman–Crippen MR) is 192 cm³/mol. The molecule has 222 valence electrons. The van der Waals surface area contributed by atoms with Crippen LogP contribution in [-0.2, 0) is 0 Å². The Morgan fingerprint density at radius 2 is 1.23 bits per heavy atom. The Morgan fingerprint density at radius 1 is 0.511 bits per heavy atom. The number of aromatic nitrogens is 4. The maximum Gasteiger partial charge on any atom is 0.145 e. The Kier molecular flexibility index (Phi) is 6.46. The van der Waals surface area contributed by atoms with Crippen LogP contribution in [0.15, 0.2) is 164 Å². The van der Waals surface area contributed by atoms with Gasteiger partial charge in [0, 0.05) is 27.6 Å². The van der Waals surface area contributed by atoms with E-state index in [1.54, 1.807) is 0 Å². The van der Waals surface area contributed by atoms with E-state index < -0.39 is 0 Å². The lowest BCUT2D eigenvalue weighted by Gasteiger charge is -2.15.